The molecule has 24 rings (SSSR count). The highest BCUT2D eigenvalue weighted by atomic mass is 16.5. The SMILES string of the molecule is OCCOc1cc(-c2ccc3c(c2)C(c2ccccc2)(c2ccccc2)c2cc(-c4ccc5c(c4)C4(c6ccccc6-c6ccccc64)c4cc(-c6cc(OCCO)c(-c7ccc8c(c7)C7(c9ccccc9-c9ccccc97)c7ccccc7-8)cc6OCCO)ccc4-5)ccc2-3)c(OCCO)cc1-c1ccc2c(c1)C(c1ccccc1)(c1ccccc1)c1ccccc1-2. The molecule has 6 aliphatic carbocycles. The van der Waals surface area contributed by atoms with E-state index in [1.54, 1.807) is 0 Å². The van der Waals surface area contributed by atoms with Gasteiger partial charge < -0.3 is 39.4 Å². The third kappa shape index (κ3) is 11.0. The van der Waals surface area contributed by atoms with E-state index in [2.05, 4.69) is 400 Å². The minimum atomic E-state index is -0.867. The molecular formula is C120H86O8. The van der Waals surface area contributed by atoms with Gasteiger partial charge in [-0.05, 0) is 250 Å². The van der Waals surface area contributed by atoms with E-state index in [1.807, 2.05) is 0 Å². The van der Waals surface area contributed by atoms with E-state index in [0.29, 0.717) is 23.0 Å². The normalized spacial score (nSPS) is 14.1. The number of rotatable bonds is 21. The second-order valence-electron chi connectivity index (χ2n) is 34.3. The lowest BCUT2D eigenvalue weighted by molar-refractivity contribution is 0.199. The molecule has 0 bridgehead atoms. The predicted molar refractivity (Wildman–Crippen MR) is 511 cm³/mol. The first-order valence-electron chi connectivity index (χ1n) is 44.3. The first-order valence-corrected chi connectivity index (χ1v) is 44.3. The summed E-state index contributed by atoms with van der Waals surface area (Å²) in [6.45, 7) is -0.582. The number of ether oxygens (including phenoxy) is 4. The van der Waals surface area contributed by atoms with Gasteiger partial charge in [0.05, 0.1) is 48.1 Å². The molecule has 0 saturated carbocycles. The third-order valence-electron chi connectivity index (χ3n) is 28.2. The van der Waals surface area contributed by atoms with Crippen LogP contribution in [0.2, 0.25) is 0 Å². The van der Waals surface area contributed by atoms with Gasteiger partial charge in [0.25, 0.3) is 0 Å². The number of benzene rings is 18. The Morgan fingerprint density at radius 3 is 0.555 bits per heavy atom. The minimum Gasteiger partial charge on any atom is -0.491 e. The number of fused-ring (bicyclic) bond motifs is 26. The number of aliphatic hydroxyl groups is 4. The molecule has 0 atom stereocenters. The summed E-state index contributed by atoms with van der Waals surface area (Å²) in [4.78, 5) is 0. The van der Waals surface area contributed by atoms with Gasteiger partial charge in [0.2, 0.25) is 0 Å². The standard InChI is InChI=1S/C120H86O8/c121-57-61-125-113-72-98(114(126-62-58-122)71-97(113)77-47-53-91-89-37-13-19-39-101(89)117(108(91)67-77,81-25-5-1-6-26-81)82-27-7-2-8-28-82)78-49-55-94-93-51-45-75(65-107(93)118(109(94)68-78,83-29-9-3-10-30-83)84-31-11-4-12-32-84)76-46-52-95-96-56-50-80(70-112(96)120(110(95)66-76)105-43-23-16-35-87(105)88-36-17-24-44-106(88)120)100-74-115(127-63-59-123)99(73-116(100)128-64-60-124)79-48-54-92-90-38-18-22-42-104(90)119(111(92)69-79)102-40-20-14-33-85(102)86-34-15-21-41-103(86)119/h1-56,65-74,121-124H,57-64H2. The van der Waals surface area contributed by atoms with E-state index in [-0.39, 0.29) is 52.9 Å². The lowest BCUT2D eigenvalue weighted by atomic mass is 9.67. The van der Waals surface area contributed by atoms with Crippen molar-refractivity contribution in [3.63, 3.8) is 0 Å². The van der Waals surface area contributed by atoms with E-state index >= 15 is 0 Å². The van der Waals surface area contributed by atoms with Gasteiger partial charge in [-0.1, -0.05) is 340 Å². The first-order chi connectivity index (χ1) is 63.3. The molecule has 0 fully saturated rings. The molecule has 0 aromatic heterocycles. The Hall–Kier alpha value is -15.0. The van der Waals surface area contributed by atoms with Crippen LogP contribution in [0.25, 0.3) is 122 Å². The van der Waals surface area contributed by atoms with E-state index in [9.17, 15) is 20.4 Å². The molecule has 0 radical (unpaired) electrons. The molecule has 0 amide bonds. The number of aliphatic hydroxyl groups excluding tert-OH is 4. The average molecular weight is 1660 g/mol. The van der Waals surface area contributed by atoms with E-state index in [1.165, 1.54) is 83.5 Å². The zero-order valence-corrected chi connectivity index (χ0v) is 70.2. The van der Waals surface area contributed by atoms with Crippen molar-refractivity contribution in [2.24, 2.45) is 0 Å². The third-order valence-corrected chi connectivity index (χ3v) is 28.2. The Morgan fingerprint density at radius 1 is 0.148 bits per heavy atom. The Labute approximate surface area is 743 Å². The van der Waals surface area contributed by atoms with Crippen LogP contribution in [0.4, 0.5) is 0 Å². The summed E-state index contributed by atoms with van der Waals surface area (Å²) >= 11 is 0. The molecule has 128 heavy (non-hydrogen) atoms. The minimum absolute atomic E-state index is 0.0451. The molecule has 18 aromatic carbocycles. The lowest BCUT2D eigenvalue weighted by Gasteiger charge is -2.34. The maximum absolute atomic E-state index is 10.7. The van der Waals surface area contributed by atoms with Crippen LogP contribution in [0.15, 0.2) is 400 Å². The molecule has 0 saturated heterocycles. The fourth-order valence-electron chi connectivity index (χ4n) is 23.3. The number of hydrogen-bond donors (Lipinski definition) is 4. The molecule has 6 aliphatic rings. The Balaban J connectivity index is 0.649. The summed E-state index contributed by atoms with van der Waals surface area (Å²) in [6, 6.07) is 146. The summed E-state index contributed by atoms with van der Waals surface area (Å²) < 4.78 is 27.2. The molecule has 8 heteroatoms. The van der Waals surface area contributed by atoms with Crippen molar-refractivity contribution in [2.45, 2.75) is 21.7 Å². The van der Waals surface area contributed by atoms with Crippen molar-refractivity contribution >= 4 is 0 Å². The Morgan fingerprint density at radius 2 is 0.320 bits per heavy atom. The fraction of sp³-hybridized carbons (Fsp3) is 0.100. The van der Waals surface area contributed by atoms with E-state index in [4.69, 9.17) is 18.9 Å². The summed E-state index contributed by atoms with van der Waals surface area (Å²) in [7, 11) is 0. The zero-order chi connectivity index (χ0) is 85.4. The van der Waals surface area contributed by atoms with Crippen molar-refractivity contribution in [1.82, 2.24) is 0 Å². The summed E-state index contributed by atoms with van der Waals surface area (Å²) in [5, 5.41) is 42.8. The summed E-state index contributed by atoms with van der Waals surface area (Å²) in [6.07, 6.45) is 0. The van der Waals surface area contributed by atoms with Crippen LogP contribution in [-0.2, 0) is 21.7 Å². The van der Waals surface area contributed by atoms with Gasteiger partial charge in [0, 0.05) is 22.3 Å². The first kappa shape index (κ1) is 76.6. The lowest BCUT2D eigenvalue weighted by Crippen LogP contribution is -2.28. The second kappa shape index (κ2) is 30.4. The van der Waals surface area contributed by atoms with Gasteiger partial charge in [0.15, 0.2) is 0 Å². The molecule has 4 N–H and O–H groups in total. The largest absolute Gasteiger partial charge is 0.491 e. The van der Waals surface area contributed by atoms with Crippen molar-refractivity contribution in [1.29, 1.82) is 0 Å². The quantitative estimate of drug-likeness (QED) is 0.0562. The molecule has 614 valence electrons. The van der Waals surface area contributed by atoms with Crippen molar-refractivity contribution < 1.29 is 39.4 Å². The van der Waals surface area contributed by atoms with Gasteiger partial charge in [-0.3, -0.25) is 0 Å². The summed E-state index contributed by atoms with van der Waals surface area (Å²) in [5.41, 5.74) is 38.8. The van der Waals surface area contributed by atoms with E-state index in [0.717, 1.165) is 128 Å². The van der Waals surface area contributed by atoms with Crippen LogP contribution in [0.5, 0.6) is 23.0 Å². The van der Waals surface area contributed by atoms with Crippen LogP contribution >= 0.6 is 0 Å². The van der Waals surface area contributed by atoms with Crippen LogP contribution < -0.4 is 18.9 Å². The molecule has 0 heterocycles. The number of hydrogen-bond acceptors (Lipinski definition) is 8. The smallest absolute Gasteiger partial charge is 0.128 e. The highest BCUT2D eigenvalue weighted by Crippen LogP contribution is 2.68. The van der Waals surface area contributed by atoms with Crippen LogP contribution in [0.3, 0.4) is 0 Å². The van der Waals surface area contributed by atoms with Gasteiger partial charge in [-0.25, -0.2) is 0 Å². The van der Waals surface area contributed by atoms with Crippen molar-refractivity contribution in [3.05, 3.63) is 489 Å². The highest BCUT2D eigenvalue weighted by Gasteiger charge is 2.55. The molecule has 0 unspecified atom stereocenters. The fourth-order valence-corrected chi connectivity index (χ4v) is 23.3. The maximum Gasteiger partial charge on any atom is 0.128 e. The maximum atomic E-state index is 10.7. The highest BCUT2D eigenvalue weighted by molar-refractivity contribution is 6.01. The van der Waals surface area contributed by atoms with Gasteiger partial charge >= 0.3 is 0 Å². The zero-order valence-electron chi connectivity index (χ0n) is 70.2. The van der Waals surface area contributed by atoms with Crippen molar-refractivity contribution in [2.75, 3.05) is 52.9 Å². The molecule has 8 nitrogen and oxygen atoms in total. The van der Waals surface area contributed by atoms with Gasteiger partial charge in [-0.2, -0.15) is 0 Å². The Bertz CT molecular complexity index is 7060. The van der Waals surface area contributed by atoms with Gasteiger partial charge in [0.1, 0.15) is 49.4 Å². The average Bonchev–Trinajstić information content (AvgIpc) is 1.51. The molecule has 2 spiro atoms. The van der Waals surface area contributed by atoms with Crippen LogP contribution in [-0.4, -0.2) is 73.3 Å². The summed E-state index contributed by atoms with van der Waals surface area (Å²) in [5.74, 6) is 2.35. The van der Waals surface area contributed by atoms with Crippen LogP contribution in [0, 0.1) is 0 Å². The van der Waals surface area contributed by atoms with Crippen LogP contribution in [0.1, 0.15) is 89.0 Å². The topological polar surface area (TPSA) is 118 Å². The van der Waals surface area contributed by atoms with Gasteiger partial charge in [-0.15, -0.1) is 0 Å². The molecular weight excluding hydrogens is 1570 g/mol. The Kier molecular flexibility index (Phi) is 18.2. The second-order valence-corrected chi connectivity index (χ2v) is 34.3. The molecule has 18 aromatic rings. The molecule has 0 aliphatic heterocycles. The van der Waals surface area contributed by atoms with Crippen molar-refractivity contribution in [3.8, 4) is 145 Å². The monoisotopic (exact) mass is 1650 g/mol. The van der Waals surface area contributed by atoms with E-state index < -0.39 is 21.7 Å². The predicted octanol–water partition coefficient (Wildman–Crippen LogP) is 24.9.